The Morgan fingerprint density at radius 1 is 1.21 bits per heavy atom. The highest BCUT2D eigenvalue weighted by molar-refractivity contribution is 7.12. The van der Waals surface area contributed by atoms with Gasteiger partial charge in [0, 0.05) is 17.3 Å². The lowest BCUT2D eigenvalue weighted by Gasteiger charge is -2.22. The van der Waals surface area contributed by atoms with E-state index in [9.17, 15) is 9.18 Å². The molecule has 0 saturated heterocycles. The van der Waals surface area contributed by atoms with E-state index in [0.717, 1.165) is 27.5 Å². The van der Waals surface area contributed by atoms with Crippen LogP contribution in [0.2, 0.25) is 0 Å². The number of halogens is 1. The predicted molar refractivity (Wildman–Crippen MR) is 112 cm³/mol. The number of nitrogens with zero attached hydrogens (tertiary/aromatic N) is 2. The molecule has 28 heavy (non-hydrogen) atoms. The van der Waals surface area contributed by atoms with Crippen LogP contribution in [0.15, 0.2) is 64.4 Å². The van der Waals surface area contributed by atoms with Crippen molar-refractivity contribution in [1.82, 2.24) is 10.3 Å². The van der Waals surface area contributed by atoms with Gasteiger partial charge in [-0.25, -0.2) is 9.40 Å². The first-order valence-electron chi connectivity index (χ1n) is 9.07. The zero-order valence-corrected chi connectivity index (χ0v) is 17.0. The fourth-order valence-corrected chi connectivity index (χ4v) is 4.76. The second kappa shape index (κ2) is 8.34. The van der Waals surface area contributed by atoms with E-state index in [-0.39, 0.29) is 30.4 Å². The molecule has 2 aromatic heterocycles. The Morgan fingerprint density at radius 3 is 2.64 bits per heavy atom. The minimum absolute atomic E-state index is 0.0620. The summed E-state index contributed by atoms with van der Waals surface area (Å²) in [6.45, 7) is 2.13. The van der Waals surface area contributed by atoms with Crippen LogP contribution >= 0.6 is 22.7 Å². The molecule has 0 fully saturated rings. The van der Waals surface area contributed by atoms with Gasteiger partial charge in [-0.05, 0) is 47.5 Å². The lowest BCUT2D eigenvalue weighted by molar-refractivity contribution is -0.132. The van der Waals surface area contributed by atoms with Crippen LogP contribution in [0.4, 0.5) is 4.39 Å². The van der Waals surface area contributed by atoms with Gasteiger partial charge in [-0.3, -0.25) is 4.79 Å². The molecule has 0 bridgehead atoms. The molecule has 2 atom stereocenters. The van der Waals surface area contributed by atoms with Gasteiger partial charge in [-0.1, -0.05) is 24.3 Å². The average molecular weight is 414 g/mol. The molecule has 3 heterocycles. The summed E-state index contributed by atoms with van der Waals surface area (Å²) < 4.78 is 13.1. The van der Waals surface area contributed by atoms with E-state index in [2.05, 4.69) is 16.5 Å². The Bertz CT molecular complexity index is 952. The predicted octanol–water partition coefficient (Wildman–Crippen LogP) is 4.98. The van der Waals surface area contributed by atoms with Crippen LogP contribution < -0.4 is 5.32 Å². The smallest absolute Gasteiger partial charge is 0.257 e. The van der Waals surface area contributed by atoms with Crippen molar-refractivity contribution in [2.24, 2.45) is 5.10 Å². The van der Waals surface area contributed by atoms with E-state index in [4.69, 9.17) is 0 Å². The monoisotopic (exact) mass is 413 g/mol. The lowest BCUT2D eigenvalue weighted by atomic mass is 10.1. The molecule has 1 amide bonds. The first-order valence-corrected chi connectivity index (χ1v) is 10.8. The van der Waals surface area contributed by atoms with E-state index in [1.54, 1.807) is 39.8 Å². The Kier molecular flexibility index (Phi) is 5.66. The number of rotatable bonds is 6. The molecule has 144 valence electrons. The number of nitrogens with one attached hydrogen (secondary N) is 1. The number of hydrogen-bond donors (Lipinski definition) is 1. The van der Waals surface area contributed by atoms with Crippen LogP contribution in [0.1, 0.15) is 40.7 Å². The van der Waals surface area contributed by atoms with Gasteiger partial charge < -0.3 is 5.32 Å². The Hall–Kier alpha value is -2.35. The third-order valence-corrected chi connectivity index (χ3v) is 6.66. The SMILES string of the molecule is C[C@@H](NCC(=O)N1N=C(c2cccs2)C[C@@H]1c1cccs1)c1ccc(F)cc1. The fourth-order valence-electron chi connectivity index (χ4n) is 3.23. The van der Waals surface area contributed by atoms with E-state index in [1.807, 2.05) is 35.9 Å². The summed E-state index contributed by atoms with van der Waals surface area (Å²) >= 11 is 3.28. The van der Waals surface area contributed by atoms with Gasteiger partial charge in [-0.15, -0.1) is 22.7 Å². The minimum Gasteiger partial charge on any atom is -0.302 e. The maximum atomic E-state index is 13.1. The minimum atomic E-state index is -0.265. The van der Waals surface area contributed by atoms with Crippen molar-refractivity contribution in [3.8, 4) is 0 Å². The molecule has 0 saturated carbocycles. The summed E-state index contributed by atoms with van der Waals surface area (Å²) in [5, 5.41) is 13.6. The van der Waals surface area contributed by atoms with Crippen molar-refractivity contribution in [1.29, 1.82) is 0 Å². The molecule has 0 aliphatic carbocycles. The number of thiophene rings is 2. The Balaban J connectivity index is 1.47. The van der Waals surface area contributed by atoms with Gasteiger partial charge in [0.15, 0.2) is 0 Å². The van der Waals surface area contributed by atoms with Crippen molar-refractivity contribution in [3.05, 3.63) is 80.4 Å². The highest BCUT2D eigenvalue weighted by atomic mass is 32.1. The molecule has 1 N–H and O–H groups in total. The Labute approximate surface area is 171 Å². The molecule has 1 aromatic carbocycles. The maximum absolute atomic E-state index is 13.1. The largest absolute Gasteiger partial charge is 0.302 e. The second-order valence-corrected chi connectivity index (χ2v) is 8.58. The fraction of sp³-hybridized carbons (Fsp3) is 0.238. The zero-order chi connectivity index (χ0) is 19.5. The van der Waals surface area contributed by atoms with Crippen LogP contribution in [0.5, 0.6) is 0 Å². The van der Waals surface area contributed by atoms with Crippen LogP contribution in [0, 0.1) is 5.82 Å². The van der Waals surface area contributed by atoms with Gasteiger partial charge >= 0.3 is 0 Å². The number of carbonyl (C=O) groups excluding carboxylic acids is 1. The van der Waals surface area contributed by atoms with E-state index < -0.39 is 0 Å². The molecular formula is C21H20FN3OS2. The number of hydrazone groups is 1. The summed E-state index contributed by atoms with van der Waals surface area (Å²) in [5.41, 5.74) is 1.89. The molecule has 4 nitrogen and oxygen atoms in total. The molecule has 1 aliphatic rings. The highest BCUT2D eigenvalue weighted by Gasteiger charge is 2.33. The van der Waals surface area contributed by atoms with Gasteiger partial charge in [0.25, 0.3) is 5.91 Å². The van der Waals surface area contributed by atoms with E-state index in [0.29, 0.717) is 0 Å². The lowest BCUT2D eigenvalue weighted by Crippen LogP contribution is -2.36. The summed E-state index contributed by atoms with van der Waals surface area (Å²) in [6.07, 6.45) is 0.723. The van der Waals surface area contributed by atoms with Gasteiger partial charge in [0.1, 0.15) is 5.82 Å². The van der Waals surface area contributed by atoms with Crippen LogP contribution in [0.3, 0.4) is 0 Å². The third kappa shape index (κ3) is 4.06. The first kappa shape index (κ1) is 19.0. The quantitative estimate of drug-likeness (QED) is 0.620. The molecule has 4 rings (SSSR count). The third-order valence-electron chi connectivity index (χ3n) is 4.77. The van der Waals surface area contributed by atoms with Gasteiger partial charge in [0.05, 0.1) is 23.2 Å². The number of hydrogen-bond acceptors (Lipinski definition) is 5. The number of carbonyl (C=O) groups is 1. The first-order chi connectivity index (χ1) is 13.6. The second-order valence-electron chi connectivity index (χ2n) is 6.65. The topological polar surface area (TPSA) is 44.7 Å². The molecular weight excluding hydrogens is 393 g/mol. The molecule has 7 heteroatoms. The zero-order valence-electron chi connectivity index (χ0n) is 15.3. The Morgan fingerprint density at radius 2 is 1.96 bits per heavy atom. The van der Waals surface area contributed by atoms with Crippen molar-refractivity contribution in [3.63, 3.8) is 0 Å². The summed E-state index contributed by atoms with van der Waals surface area (Å²) in [5.74, 6) is -0.336. The van der Waals surface area contributed by atoms with Gasteiger partial charge in [-0.2, -0.15) is 5.10 Å². The standard InChI is InChI=1S/C21H20FN3OS2/c1-14(15-6-8-16(22)9-7-15)23-13-21(26)25-18(20-5-3-11-28-20)12-17(24-25)19-4-2-10-27-19/h2-11,14,18,23H,12-13H2,1H3/t14-,18-/m1/s1. The molecule has 0 spiro atoms. The van der Waals surface area contributed by atoms with Crippen molar-refractivity contribution in [2.45, 2.75) is 25.4 Å². The molecule has 1 aliphatic heterocycles. The molecule has 0 radical (unpaired) electrons. The number of benzene rings is 1. The maximum Gasteiger partial charge on any atom is 0.257 e. The normalized spacial score (nSPS) is 17.6. The van der Waals surface area contributed by atoms with E-state index >= 15 is 0 Å². The molecule has 0 unspecified atom stereocenters. The van der Waals surface area contributed by atoms with Crippen LogP contribution in [0.25, 0.3) is 0 Å². The summed E-state index contributed by atoms with van der Waals surface area (Å²) in [4.78, 5) is 15.2. The summed E-state index contributed by atoms with van der Waals surface area (Å²) in [7, 11) is 0. The van der Waals surface area contributed by atoms with Crippen molar-refractivity contribution < 1.29 is 9.18 Å². The number of amides is 1. The highest BCUT2D eigenvalue weighted by Crippen LogP contribution is 2.35. The van der Waals surface area contributed by atoms with Crippen LogP contribution in [-0.4, -0.2) is 23.2 Å². The average Bonchev–Trinajstić information content (AvgIpc) is 3.46. The van der Waals surface area contributed by atoms with Gasteiger partial charge in [0.2, 0.25) is 0 Å². The van der Waals surface area contributed by atoms with Crippen molar-refractivity contribution in [2.75, 3.05) is 6.54 Å². The van der Waals surface area contributed by atoms with E-state index in [1.165, 1.54) is 12.1 Å². The summed E-state index contributed by atoms with van der Waals surface area (Å²) in [6, 6.07) is 14.3. The molecule has 3 aromatic rings. The van der Waals surface area contributed by atoms with Crippen LogP contribution in [-0.2, 0) is 4.79 Å². The van der Waals surface area contributed by atoms with Crippen molar-refractivity contribution >= 4 is 34.3 Å².